The van der Waals surface area contributed by atoms with Crippen LogP contribution in [-0.4, -0.2) is 37.7 Å². The first-order chi connectivity index (χ1) is 14.3. The van der Waals surface area contributed by atoms with Crippen molar-refractivity contribution in [1.82, 2.24) is 5.32 Å². The van der Waals surface area contributed by atoms with Gasteiger partial charge in [-0.2, -0.15) is 0 Å². The summed E-state index contributed by atoms with van der Waals surface area (Å²) in [6, 6.07) is 13.1. The Labute approximate surface area is 181 Å². The lowest BCUT2D eigenvalue weighted by molar-refractivity contribution is -0.170. The average Bonchev–Trinajstić information content (AvgIpc) is 3.05. The standard InChI is InChI=1S/C22H20BrNO6/c1-21(18(25)28-2)16-14-6-4-5-7-15(14)30-20(27)22(16,19(26)29-3)17(24-21)12-8-10-13(23)11-9-12/h4-11,16-17,24H,1-3H3/t16-,17+,21-,22-/m1/s1. The second kappa shape index (κ2) is 7.21. The van der Waals surface area contributed by atoms with E-state index in [4.69, 9.17) is 14.2 Å². The van der Waals surface area contributed by atoms with Crippen LogP contribution in [0.3, 0.4) is 0 Å². The van der Waals surface area contributed by atoms with Gasteiger partial charge in [-0.05, 0) is 30.7 Å². The number of nitrogens with one attached hydrogen (secondary N) is 1. The third-order valence-corrected chi connectivity index (χ3v) is 6.57. The largest absolute Gasteiger partial charge is 0.468 e. The lowest BCUT2D eigenvalue weighted by atomic mass is 9.62. The second-order valence-corrected chi connectivity index (χ2v) is 8.46. The molecule has 0 aliphatic carbocycles. The van der Waals surface area contributed by atoms with Gasteiger partial charge in [-0.25, -0.2) is 0 Å². The van der Waals surface area contributed by atoms with E-state index < -0.39 is 40.8 Å². The molecule has 2 aromatic carbocycles. The summed E-state index contributed by atoms with van der Waals surface area (Å²) in [5.74, 6) is -2.74. The number of ether oxygens (including phenoxy) is 3. The number of methoxy groups -OCH3 is 2. The molecule has 1 N–H and O–H groups in total. The van der Waals surface area contributed by atoms with E-state index in [9.17, 15) is 14.4 Å². The van der Waals surface area contributed by atoms with E-state index in [1.165, 1.54) is 14.2 Å². The molecule has 0 bridgehead atoms. The van der Waals surface area contributed by atoms with Crippen LogP contribution < -0.4 is 10.1 Å². The fourth-order valence-electron chi connectivity index (χ4n) is 4.79. The molecular formula is C22H20BrNO6. The first kappa shape index (κ1) is 20.6. The maximum atomic E-state index is 13.5. The van der Waals surface area contributed by atoms with Crippen LogP contribution in [0.5, 0.6) is 5.75 Å². The fourth-order valence-corrected chi connectivity index (χ4v) is 5.05. The number of hydrogen-bond acceptors (Lipinski definition) is 7. The topological polar surface area (TPSA) is 90.9 Å². The number of fused-ring (bicyclic) bond motifs is 3. The Morgan fingerprint density at radius 1 is 1.03 bits per heavy atom. The number of para-hydroxylation sites is 1. The van der Waals surface area contributed by atoms with Crippen molar-refractivity contribution in [2.45, 2.75) is 24.4 Å². The Morgan fingerprint density at radius 2 is 1.67 bits per heavy atom. The molecule has 2 aliphatic rings. The predicted molar refractivity (Wildman–Crippen MR) is 110 cm³/mol. The SMILES string of the molecule is COC(=O)[C@@]12C(=O)Oc3ccccc3[C@@H]1[C@](C)(C(=O)OC)N[C@H]2c1ccc(Br)cc1. The smallest absolute Gasteiger partial charge is 0.331 e. The quantitative estimate of drug-likeness (QED) is 0.416. The normalized spacial score (nSPS) is 29.4. The van der Waals surface area contributed by atoms with E-state index in [0.29, 0.717) is 16.9 Å². The summed E-state index contributed by atoms with van der Waals surface area (Å²) in [7, 11) is 2.49. The summed E-state index contributed by atoms with van der Waals surface area (Å²) in [5.41, 5.74) is -2.02. The summed E-state index contributed by atoms with van der Waals surface area (Å²) in [5, 5.41) is 3.23. The van der Waals surface area contributed by atoms with Crippen LogP contribution in [0.15, 0.2) is 53.0 Å². The maximum absolute atomic E-state index is 13.5. The zero-order valence-electron chi connectivity index (χ0n) is 16.6. The number of rotatable bonds is 3. The monoisotopic (exact) mass is 473 g/mol. The van der Waals surface area contributed by atoms with Gasteiger partial charge in [0.25, 0.3) is 0 Å². The van der Waals surface area contributed by atoms with Gasteiger partial charge in [-0.1, -0.05) is 46.3 Å². The van der Waals surface area contributed by atoms with Gasteiger partial charge in [0.2, 0.25) is 0 Å². The van der Waals surface area contributed by atoms with Gasteiger partial charge in [0, 0.05) is 16.0 Å². The van der Waals surface area contributed by atoms with Gasteiger partial charge in [-0.15, -0.1) is 0 Å². The molecule has 2 heterocycles. The molecule has 1 saturated heterocycles. The van der Waals surface area contributed by atoms with Gasteiger partial charge in [0.15, 0.2) is 5.41 Å². The highest BCUT2D eigenvalue weighted by Gasteiger charge is 2.75. The summed E-state index contributed by atoms with van der Waals surface area (Å²) in [6.45, 7) is 1.63. The number of halogens is 1. The molecule has 7 nitrogen and oxygen atoms in total. The lowest BCUT2D eigenvalue weighted by Gasteiger charge is -2.40. The summed E-state index contributed by atoms with van der Waals surface area (Å²) < 4.78 is 16.7. The van der Waals surface area contributed by atoms with E-state index in [1.807, 2.05) is 0 Å². The molecule has 0 unspecified atom stereocenters. The van der Waals surface area contributed by atoms with Crippen molar-refractivity contribution in [2.75, 3.05) is 14.2 Å². The minimum absolute atomic E-state index is 0.306. The molecule has 0 amide bonds. The van der Waals surface area contributed by atoms with Crippen molar-refractivity contribution >= 4 is 33.8 Å². The van der Waals surface area contributed by atoms with Crippen molar-refractivity contribution in [3.05, 3.63) is 64.1 Å². The first-order valence-electron chi connectivity index (χ1n) is 9.32. The Bertz CT molecular complexity index is 1040. The third kappa shape index (κ3) is 2.63. The highest BCUT2D eigenvalue weighted by molar-refractivity contribution is 9.10. The molecule has 4 rings (SSSR count). The molecule has 2 aromatic rings. The van der Waals surface area contributed by atoms with Crippen molar-refractivity contribution in [3.8, 4) is 5.75 Å². The van der Waals surface area contributed by atoms with Gasteiger partial charge in [0.05, 0.1) is 20.3 Å². The first-order valence-corrected chi connectivity index (χ1v) is 10.1. The summed E-state index contributed by atoms with van der Waals surface area (Å²) in [6.07, 6.45) is 0. The van der Waals surface area contributed by atoms with Crippen molar-refractivity contribution in [2.24, 2.45) is 5.41 Å². The lowest BCUT2D eigenvalue weighted by Crippen LogP contribution is -2.55. The van der Waals surface area contributed by atoms with Crippen LogP contribution in [0, 0.1) is 5.41 Å². The maximum Gasteiger partial charge on any atom is 0.331 e. The van der Waals surface area contributed by atoms with Gasteiger partial charge >= 0.3 is 17.9 Å². The fraction of sp³-hybridized carbons (Fsp3) is 0.318. The minimum atomic E-state index is -1.82. The van der Waals surface area contributed by atoms with Gasteiger partial charge < -0.3 is 14.2 Å². The van der Waals surface area contributed by atoms with E-state index in [2.05, 4.69) is 21.2 Å². The number of carbonyl (C=O) groups excluding carboxylic acids is 3. The highest BCUT2D eigenvalue weighted by atomic mass is 79.9. The van der Waals surface area contributed by atoms with Crippen molar-refractivity contribution < 1.29 is 28.6 Å². The molecule has 4 atom stereocenters. The average molecular weight is 474 g/mol. The van der Waals surface area contributed by atoms with E-state index in [1.54, 1.807) is 55.5 Å². The number of carbonyl (C=O) groups is 3. The highest BCUT2D eigenvalue weighted by Crippen LogP contribution is 2.62. The number of benzene rings is 2. The Kier molecular flexibility index (Phi) is 4.94. The van der Waals surface area contributed by atoms with Crippen LogP contribution in [0.2, 0.25) is 0 Å². The molecular weight excluding hydrogens is 454 g/mol. The van der Waals surface area contributed by atoms with Crippen LogP contribution in [0.1, 0.15) is 30.0 Å². The predicted octanol–water partition coefficient (Wildman–Crippen LogP) is 2.89. The van der Waals surface area contributed by atoms with E-state index >= 15 is 0 Å². The van der Waals surface area contributed by atoms with Crippen LogP contribution in [-0.2, 0) is 23.9 Å². The third-order valence-electron chi connectivity index (χ3n) is 6.04. The molecule has 0 aromatic heterocycles. The molecule has 30 heavy (non-hydrogen) atoms. The molecule has 0 saturated carbocycles. The van der Waals surface area contributed by atoms with Crippen molar-refractivity contribution in [1.29, 1.82) is 0 Å². The number of hydrogen-bond donors (Lipinski definition) is 1. The molecule has 2 aliphatic heterocycles. The molecule has 8 heteroatoms. The second-order valence-electron chi connectivity index (χ2n) is 7.54. The van der Waals surface area contributed by atoms with Crippen molar-refractivity contribution in [3.63, 3.8) is 0 Å². The summed E-state index contributed by atoms with van der Waals surface area (Å²) >= 11 is 3.39. The van der Waals surface area contributed by atoms with Crippen LogP contribution in [0.4, 0.5) is 0 Å². The summed E-state index contributed by atoms with van der Waals surface area (Å²) in [4.78, 5) is 39.8. The molecule has 156 valence electrons. The number of esters is 3. The van der Waals surface area contributed by atoms with Crippen LogP contribution >= 0.6 is 15.9 Å². The van der Waals surface area contributed by atoms with E-state index in [-0.39, 0.29) is 0 Å². The van der Waals surface area contributed by atoms with Gasteiger partial charge in [-0.3, -0.25) is 19.7 Å². The molecule has 0 spiro atoms. The minimum Gasteiger partial charge on any atom is -0.468 e. The Balaban J connectivity index is 2.05. The van der Waals surface area contributed by atoms with Crippen LogP contribution in [0.25, 0.3) is 0 Å². The Hall–Kier alpha value is -2.71. The Morgan fingerprint density at radius 3 is 2.30 bits per heavy atom. The molecule has 1 fully saturated rings. The zero-order valence-corrected chi connectivity index (χ0v) is 18.2. The molecule has 0 radical (unpaired) electrons. The zero-order chi connectivity index (χ0) is 21.7. The van der Waals surface area contributed by atoms with E-state index in [0.717, 1.165) is 4.47 Å². The van der Waals surface area contributed by atoms with Gasteiger partial charge in [0.1, 0.15) is 11.3 Å².